The number of carbonyl (C=O) groups excluding carboxylic acids is 1. The summed E-state index contributed by atoms with van der Waals surface area (Å²) in [7, 11) is 0. The molecule has 6 nitrogen and oxygen atoms in total. The summed E-state index contributed by atoms with van der Waals surface area (Å²) < 4.78 is 0. The molecule has 0 aromatic heterocycles. The van der Waals surface area contributed by atoms with E-state index in [4.69, 9.17) is 5.11 Å². The molecule has 0 aliphatic carbocycles. The van der Waals surface area contributed by atoms with Crippen molar-refractivity contribution in [2.75, 3.05) is 32.7 Å². The summed E-state index contributed by atoms with van der Waals surface area (Å²) in [4.78, 5) is 27.3. The number of hydrogen-bond donors (Lipinski definition) is 2. The van der Waals surface area contributed by atoms with Crippen molar-refractivity contribution in [3.8, 4) is 0 Å². The van der Waals surface area contributed by atoms with E-state index in [1.165, 1.54) is 0 Å². The van der Waals surface area contributed by atoms with Gasteiger partial charge in [-0.1, -0.05) is 20.8 Å². The predicted molar refractivity (Wildman–Crippen MR) is 77.7 cm³/mol. The number of nitrogens with zero attached hydrogens (tertiary/aromatic N) is 2. The van der Waals surface area contributed by atoms with Gasteiger partial charge in [0, 0.05) is 26.2 Å². The maximum atomic E-state index is 12.1. The lowest BCUT2D eigenvalue weighted by molar-refractivity contribution is -0.139. The van der Waals surface area contributed by atoms with E-state index in [-0.39, 0.29) is 11.9 Å². The standard InChI is InChI=1S/C14H27N3O3/c1-4-5-16-6-8-17(9-7-16)14(20)15-12(13(18)19)10-11(2)3/h11-12H,4-10H2,1-3H3,(H,15,20)(H,18,19)/t12-/m1/s1. The van der Waals surface area contributed by atoms with E-state index in [1.807, 2.05) is 13.8 Å². The van der Waals surface area contributed by atoms with E-state index in [0.29, 0.717) is 19.5 Å². The molecule has 1 aliphatic heterocycles. The molecule has 2 N–H and O–H groups in total. The van der Waals surface area contributed by atoms with Crippen LogP contribution in [0.15, 0.2) is 0 Å². The molecule has 0 spiro atoms. The molecule has 1 atom stereocenters. The lowest BCUT2D eigenvalue weighted by Crippen LogP contribution is -2.54. The molecule has 0 aromatic carbocycles. The van der Waals surface area contributed by atoms with E-state index in [9.17, 15) is 9.59 Å². The second-order valence-corrected chi connectivity index (χ2v) is 5.80. The molecule has 0 saturated carbocycles. The van der Waals surface area contributed by atoms with Crippen molar-refractivity contribution in [1.29, 1.82) is 0 Å². The quantitative estimate of drug-likeness (QED) is 0.769. The van der Waals surface area contributed by atoms with Crippen molar-refractivity contribution < 1.29 is 14.7 Å². The summed E-state index contributed by atoms with van der Waals surface area (Å²) in [6.07, 6.45) is 1.57. The molecule has 0 bridgehead atoms. The molecule has 1 heterocycles. The van der Waals surface area contributed by atoms with Crippen LogP contribution in [0, 0.1) is 5.92 Å². The maximum Gasteiger partial charge on any atom is 0.326 e. The molecule has 0 aromatic rings. The van der Waals surface area contributed by atoms with Crippen LogP contribution in [-0.4, -0.2) is 65.7 Å². The normalized spacial score (nSPS) is 18.1. The fourth-order valence-corrected chi connectivity index (χ4v) is 2.42. The van der Waals surface area contributed by atoms with Crippen LogP contribution in [0.5, 0.6) is 0 Å². The summed E-state index contributed by atoms with van der Waals surface area (Å²) in [5, 5.41) is 11.8. The summed E-state index contributed by atoms with van der Waals surface area (Å²) in [6.45, 7) is 10.2. The van der Waals surface area contributed by atoms with Gasteiger partial charge in [-0.3, -0.25) is 4.90 Å². The minimum absolute atomic E-state index is 0.234. The van der Waals surface area contributed by atoms with E-state index >= 15 is 0 Å². The van der Waals surface area contributed by atoms with Crippen LogP contribution in [0.3, 0.4) is 0 Å². The highest BCUT2D eigenvalue weighted by Crippen LogP contribution is 2.07. The Balaban J connectivity index is 2.43. The number of amides is 2. The molecular weight excluding hydrogens is 258 g/mol. The van der Waals surface area contributed by atoms with Crippen molar-refractivity contribution in [2.45, 2.75) is 39.7 Å². The number of aliphatic carboxylic acids is 1. The van der Waals surface area contributed by atoms with Crippen molar-refractivity contribution in [2.24, 2.45) is 5.92 Å². The van der Waals surface area contributed by atoms with Gasteiger partial charge in [-0.25, -0.2) is 9.59 Å². The molecule has 1 aliphatic rings. The van der Waals surface area contributed by atoms with Crippen molar-refractivity contribution in [3.63, 3.8) is 0 Å². The lowest BCUT2D eigenvalue weighted by atomic mass is 10.0. The number of piperazine rings is 1. The van der Waals surface area contributed by atoms with Crippen molar-refractivity contribution in [1.82, 2.24) is 15.1 Å². The topological polar surface area (TPSA) is 72.9 Å². The average molecular weight is 285 g/mol. The highest BCUT2D eigenvalue weighted by atomic mass is 16.4. The highest BCUT2D eigenvalue weighted by molar-refractivity contribution is 5.82. The number of rotatable bonds is 6. The minimum Gasteiger partial charge on any atom is -0.480 e. The van der Waals surface area contributed by atoms with Crippen molar-refractivity contribution >= 4 is 12.0 Å². The molecule has 6 heteroatoms. The summed E-state index contributed by atoms with van der Waals surface area (Å²) >= 11 is 0. The fraction of sp³-hybridized carbons (Fsp3) is 0.857. The van der Waals surface area contributed by atoms with E-state index in [2.05, 4.69) is 17.1 Å². The Morgan fingerprint density at radius 3 is 2.25 bits per heavy atom. The van der Waals surface area contributed by atoms with Gasteiger partial charge in [-0.2, -0.15) is 0 Å². The first-order chi connectivity index (χ1) is 9.43. The Kier molecular flexibility index (Phi) is 6.78. The monoisotopic (exact) mass is 285 g/mol. The third-order valence-corrected chi connectivity index (χ3v) is 3.50. The molecule has 20 heavy (non-hydrogen) atoms. The van der Waals surface area contributed by atoms with Crippen LogP contribution in [0.1, 0.15) is 33.6 Å². The molecule has 2 amide bonds. The average Bonchev–Trinajstić information content (AvgIpc) is 2.38. The van der Waals surface area contributed by atoms with E-state index in [0.717, 1.165) is 26.1 Å². The van der Waals surface area contributed by atoms with Gasteiger partial charge in [-0.15, -0.1) is 0 Å². The molecule has 1 saturated heterocycles. The first-order valence-corrected chi connectivity index (χ1v) is 7.44. The van der Waals surface area contributed by atoms with Gasteiger partial charge in [0.05, 0.1) is 0 Å². The van der Waals surface area contributed by atoms with Gasteiger partial charge in [0.15, 0.2) is 0 Å². The van der Waals surface area contributed by atoms with Gasteiger partial charge in [0.25, 0.3) is 0 Å². The molecule has 116 valence electrons. The van der Waals surface area contributed by atoms with Crippen LogP contribution < -0.4 is 5.32 Å². The van der Waals surface area contributed by atoms with Crippen LogP contribution >= 0.6 is 0 Å². The minimum atomic E-state index is -0.961. The zero-order valence-corrected chi connectivity index (χ0v) is 12.8. The molecule has 1 fully saturated rings. The second kappa shape index (κ2) is 8.09. The van der Waals surface area contributed by atoms with Gasteiger partial charge in [-0.05, 0) is 25.3 Å². The number of carboxylic acids is 1. The van der Waals surface area contributed by atoms with Crippen molar-refractivity contribution in [3.05, 3.63) is 0 Å². The van der Waals surface area contributed by atoms with Crippen LogP contribution in [-0.2, 0) is 4.79 Å². The second-order valence-electron chi connectivity index (χ2n) is 5.80. The summed E-state index contributed by atoms with van der Waals surface area (Å²) in [6, 6.07) is -1.05. The maximum absolute atomic E-state index is 12.1. The Morgan fingerprint density at radius 1 is 1.20 bits per heavy atom. The zero-order chi connectivity index (χ0) is 15.1. The largest absolute Gasteiger partial charge is 0.480 e. The fourth-order valence-electron chi connectivity index (χ4n) is 2.42. The van der Waals surface area contributed by atoms with Crippen LogP contribution in [0.25, 0.3) is 0 Å². The Bertz CT molecular complexity index is 326. The Labute approximate surface area is 121 Å². The number of hydrogen-bond acceptors (Lipinski definition) is 3. The van der Waals surface area contributed by atoms with Gasteiger partial charge >= 0.3 is 12.0 Å². The van der Waals surface area contributed by atoms with Gasteiger partial charge in [0.1, 0.15) is 6.04 Å². The predicted octanol–water partition coefficient (Wildman–Crippen LogP) is 1.22. The number of carboxylic acid groups (broad SMARTS) is 1. The smallest absolute Gasteiger partial charge is 0.326 e. The third-order valence-electron chi connectivity index (χ3n) is 3.50. The molecular formula is C14H27N3O3. The highest BCUT2D eigenvalue weighted by Gasteiger charge is 2.26. The summed E-state index contributed by atoms with van der Waals surface area (Å²) in [5.74, 6) is -0.727. The third kappa shape index (κ3) is 5.36. The van der Waals surface area contributed by atoms with Crippen LogP contribution in [0.2, 0.25) is 0 Å². The number of carbonyl (C=O) groups is 2. The van der Waals surface area contributed by atoms with E-state index in [1.54, 1.807) is 4.90 Å². The first-order valence-electron chi connectivity index (χ1n) is 7.44. The molecule has 1 rings (SSSR count). The lowest BCUT2D eigenvalue weighted by Gasteiger charge is -2.35. The number of urea groups is 1. The van der Waals surface area contributed by atoms with E-state index < -0.39 is 12.0 Å². The molecule has 0 unspecified atom stereocenters. The van der Waals surface area contributed by atoms with Gasteiger partial charge < -0.3 is 15.3 Å². The Morgan fingerprint density at radius 2 is 1.80 bits per heavy atom. The number of nitrogens with one attached hydrogen (secondary N) is 1. The first kappa shape index (κ1) is 16.8. The van der Waals surface area contributed by atoms with Crippen LogP contribution in [0.4, 0.5) is 4.79 Å². The summed E-state index contributed by atoms with van der Waals surface area (Å²) in [5.41, 5.74) is 0. The zero-order valence-electron chi connectivity index (χ0n) is 12.8. The SMILES string of the molecule is CCCN1CCN(C(=O)N[C@H](CC(C)C)C(=O)O)CC1. The Hall–Kier alpha value is -1.30. The molecule has 0 radical (unpaired) electrons. The van der Waals surface area contributed by atoms with Gasteiger partial charge in [0.2, 0.25) is 0 Å².